The maximum Gasteiger partial charge on any atom is 0.254 e. The molecule has 2 aromatic heterocycles. The average molecular weight is 470 g/mol. The number of aromatic nitrogens is 3. The molecule has 6 nitrogen and oxygen atoms in total. The smallest absolute Gasteiger partial charge is 0.254 e. The predicted octanol–water partition coefficient (Wildman–Crippen LogP) is 5.37. The van der Waals surface area contributed by atoms with Crippen molar-refractivity contribution in [2.45, 2.75) is 45.8 Å². The van der Waals surface area contributed by atoms with Crippen molar-refractivity contribution in [1.82, 2.24) is 14.5 Å². The van der Waals surface area contributed by atoms with Crippen LogP contribution < -0.4 is 15.0 Å². The van der Waals surface area contributed by atoms with Crippen LogP contribution in [0.25, 0.3) is 0 Å². The van der Waals surface area contributed by atoms with Crippen LogP contribution in [-0.4, -0.2) is 21.1 Å². The highest BCUT2D eigenvalue weighted by Gasteiger charge is 2.07. The van der Waals surface area contributed by atoms with Gasteiger partial charge in [-0.05, 0) is 68.0 Å². The van der Waals surface area contributed by atoms with E-state index in [1.807, 2.05) is 37.3 Å². The summed E-state index contributed by atoms with van der Waals surface area (Å²) in [5, 5.41) is 0. The van der Waals surface area contributed by atoms with Crippen LogP contribution >= 0.6 is 0 Å². The minimum Gasteiger partial charge on any atom is -0.494 e. The number of hydrogen-bond acceptors (Lipinski definition) is 5. The molecular weight excluding hydrogens is 438 g/mol. The normalized spacial score (nSPS) is 10.8. The molecule has 35 heavy (non-hydrogen) atoms. The molecule has 0 fully saturated rings. The molecule has 0 aliphatic carbocycles. The fourth-order valence-electron chi connectivity index (χ4n) is 3.85. The van der Waals surface area contributed by atoms with E-state index < -0.39 is 0 Å². The average Bonchev–Trinajstić information content (AvgIpc) is 2.89. The largest absolute Gasteiger partial charge is 0.494 e. The lowest BCUT2D eigenvalue weighted by Gasteiger charge is -2.13. The van der Waals surface area contributed by atoms with Gasteiger partial charge in [-0.1, -0.05) is 42.5 Å². The molecule has 0 atom stereocenters. The SMILES string of the molecule is Cc1cc(OCc2ncccn2)cc(=O)n1Cc1ccc(OCCCCCc2ccccc2)cc1. The first-order chi connectivity index (χ1) is 17.2. The summed E-state index contributed by atoms with van der Waals surface area (Å²) in [5.74, 6) is 1.94. The van der Waals surface area contributed by atoms with Gasteiger partial charge in [0.15, 0.2) is 5.82 Å². The molecule has 0 bridgehead atoms. The molecular formula is C29H31N3O3. The number of aryl methyl sites for hydroxylation is 2. The molecule has 0 aliphatic rings. The zero-order chi connectivity index (χ0) is 24.3. The van der Waals surface area contributed by atoms with Crippen LogP contribution in [0.5, 0.6) is 11.5 Å². The quantitative estimate of drug-likeness (QED) is 0.261. The molecule has 4 rings (SSSR count). The molecule has 0 spiro atoms. The maximum absolute atomic E-state index is 12.7. The van der Waals surface area contributed by atoms with Gasteiger partial charge in [0.2, 0.25) is 0 Å². The zero-order valence-corrected chi connectivity index (χ0v) is 20.1. The molecule has 0 saturated heterocycles. The van der Waals surface area contributed by atoms with Gasteiger partial charge in [0.05, 0.1) is 13.2 Å². The topological polar surface area (TPSA) is 66.2 Å². The van der Waals surface area contributed by atoms with Gasteiger partial charge < -0.3 is 14.0 Å². The third kappa shape index (κ3) is 7.54. The van der Waals surface area contributed by atoms with Crippen molar-refractivity contribution in [3.63, 3.8) is 0 Å². The number of pyridine rings is 1. The van der Waals surface area contributed by atoms with E-state index in [0.29, 0.717) is 24.7 Å². The number of hydrogen-bond donors (Lipinski definition) is 0. The van der Waals surface area contributed by atoms with E-state index >= 15 is 0 Å². The van der Waals surface area contributed by atoms with Gasteiger partial charge in [0.1, 0.15) is 18.1 Å². The van der Waals surface area contributed by atoms with E-state index in [4.69, 9.17) is 9.47 Å². The van der Waals surface area contributed by atoms with E-state index in [0.717, 1.165) is 36.3 Å². The van der Waals surface area contributed by atoms with Gasteiger partial charge in [0.25, 0.3) is 5.56 Å². The fraction of sp³-hybridized carbons (Fsp3) is 0.276. The maximum atomic E-state index is 12.7. The van der Waals surface area contributed by atoms with Crippen molar-refractivity contribution < 1.29 is 9.47 Å². The van der Waals surface area contributed by atoms with Crippen molar-refractivity contribution >= 4 is 0 Å². The molecule has 0 N–H and O–H groups in total. The van der Waals surface area contributed by atoms with Crippen molar-refractivity contribution in [1.29, 1.82) is 0 Å². The van der Waals surface area contributed by atoms with E-state index in [1.165, 1.54) is 18.1 Å². The Labute approximate surface area is 206 Å². The molecule has 2 aromatic carbocycles. The van der Waals surface area contributed by atoms with Crippen LogP contribution in [0.4, 0.5) is 0 Å². The van der Waals surface area contributed by atoms with Crippen molar-refractivity contribution in [3.8, 4) is 11.5 Å². The standard InChI is InChI=1S/C29H31N3O3/c1-23-19-27(35-22-28-30-16-8-17-31-28)20-29(33)32(23)21-25-12-14-26(15-13-25)34-18-7-3-6-11-24-9-4-2-5-10-24/h2,4-5,8-10,12-17,19-20H,3,6-7,11,18,21-22H2,1H3. The lowest BCUT2D eigenvalue weighted by molar-refractivity contribution is 0.294. The molecule has 4 aromatic rings. The first-order valence-corrected chi connectivity index (χ1v) is 12.0. The third-order valence-electron chi connectivity index (χ3n) is 5.78. The fourth-order valence-corrected chi connectivity index (χ4v) is 3.85. The van der Waals surface area contributed by atoms with Crippen molar-refractivity contribution in [2.24, 2.45) is 0 Å². The summed E-state index contributed by atoms with van der Waals surface area (Å²) in [6, 6.07) is 23.7. The highest BCUT2D eigenvalue weighted by atomic mass is 16.5. The van der Waals surface area contributed by atoms with Gasteiger partial charge in [-0.2, -0.15) is 0 Å². The first-order valence-electron chi connectivity index (χ1n) is 12.0. The number of unbranched alkanes of at least 4 members (excludes halogenated alkanes) is 2. The van der Waals surface area contributed by atoms with Crippen LogP contribution in [0.1, 0.15) is 41.9 Å². The number of benzene rings is 2. The molecule has 180 valence electrons. The Bertz CT molecular complexity index is 1240. The summed E-state index contributed by atoms with van der Waals surface area (Å²) in [5.41, 5.74) is 3.15. The molecule has 0 saturated carbocycles. The van der Waals surface area contributed by atoms with Crippen LogP contribution in [0.3, 0.4) is 0 Å². The highest BCUT2D eigenvalue weighted by molar-refractivity contribution is 5.29. The Balaban J connectivity index is 1.23. The zero-order valence-electron chi connectivity index (χ0n) is 20.1. The molecule has 0 aliphatic heterocycles. The number of nitrogens with zero attached hydrogens (tertiary/aromatic N) is 3. The molecule has 0 radical (unpaired) electrons. The minimum atomic E-state index is -0.107. The van der Waals surface area contributed by atoms with Crippen LogP contribution in [0, 0.1) is 6.92 Å². The second kappa shape index (κ2) is 12.5. The Morgan fingerprint density at radius 2 is 1.54 bits per heavy atom. The second-order valence-corrected chi connectivity index (χ2v) is 8.50. The number of rotatable bonds is 12. The van der Waals surface area contributed by atoms with Crippen LogP contribution in [0.15, 0.2) is 90.0 Å². The first kappa shape index (κ1) is 24.2. The van der Waals surface area contributed by atoms with Gasteiger partial charge >= 0.3 is 0 Å². The Kier molecular flexibility index (Phi) is 8.65. The van der Waals surface area contributed by atoms with Crippen LogP contribution in [0.2, 0.25) is 0 Å². The van der Waals surface area contributed by atoms with Crippen molar-refractivity contribution in [2.75, 3.05) is 6.61 Å². The van der Waals surface area contributed by atoms with Gasteiger partial charge in [0, 0.05) is 24.2 Å². The lowest BCUT2D eigenvalue weighted by Crippen LogP contribution is -2.22. The van der Waals surface area contributed by atoms with Gasteiger partial charge in [-0.15, -0.1) is 0 Å². The second-order valence-electron chi connectivity index (χ2n) is 8.50. The van der Waals surface area contributed by atoms with Crippen molar-refractivity contribution in [3.05, 3.63) is 118 Å². The minimum absolute atomic E-state index is 0.107. The monoisotopic (exact) mass is 469 g/mol. The molecule has 2 heterocycles. The van der Waals surface area contributed by atoms with E-state index in [-0.39, 0.29) is 12.2 Å². The Morgan fingerprint density at radius 3 is 2.29 bits per heavy atom. The molecule has 0 amide bonds. The lowest BCUT2D eigenvalue weighted by atomic mass is 10.1. The summed E-state index contributed by atoms with van der Waals surface area (Å²) in [6.45, 7) is 3.33. The third-order valence-corrected chi connectivity index (χ3v) is 5.78. The van der Waals surface area contributed by atoms with Gasteiger partial charge in [-0.25, -0.2) is 9.97 Å². The van der Waals surface area contributed by atoms with E-state index in [1.54, 1.807) is 23.0 Å². The molecule has 6 heteroatoms. The summed E-state index contributed by atoms with van der Waals surface area (Å²) in [7, 11) is 0. The summed E-state index contributed by atoms with van der Waals surface area (Å²) < 4.78 is 13.3. The summed E-state index contributed by atoms with van der Waals surface area (Å²) >= 11 is 0. The Morgan fingerprint density at radius 1 is 0.771 bits per heavy atom. The van der Waals surface area contributed by atoms with E-state index in [2.05, 4.69) is 40.3 Å². The number of ether oxygens (including phenoxy) is 2. The van der Waals surface area contributed by atoms with Crippen LogP contribution in [-0.2, 0) is 19.6 Å². The predicted molar refractivity (Wildman–Crippen MR) is 137 cm³/mol. The van der Waals surface area contributed by atoms with Gasteiger partial charge in [-0.3, -0.25) is 4.79 Å². The Hall–Kier alpha value is -3.93. The summed E-state index contributed by atoms with van der Waals surface area (Å²) in [6.07, 6.45) is 7.80. The highest BCUT2D eigenvalue weighted by Crippen LogP contribution is 2.16. The van der Waals surface area contributed by atoms with E-state index in [9.17, 15) is 4.79 Å². The summed E-state index contributed by atoms with van der Waals surface area (Å²) in [4.78, 5) is 21.0. The molecule has 0 unspecified atom stereocenters.